The normalized spacial score (nSPS) is 10.8. The second-order valence-corrected chi connectivity index (χ2v) is 6.14. The number of hydrogen-bond donors (Lipinski definition) is 1. The maximum absolute atomic E-state index is 12.2. The van der Waals surface area contributed by atoms with Gasteiger partial charge in [-0.1, -0.05) is 11.6 Å². The molecule has 1 amide bonds. The van der Waals surface area contributed by atoms with E-state index in [1.807, 2.05) is 19.1 Å². The van der Waals surface area contributed by atoms with Crippen LogP contribution < -0.4 is 14.8 Å². The van der Waals surface area contributed by atoms with Gasteiger partial charge in [-0.3, -0.25) is 4.79 Å². The lowest BCUT2D eigenvalue weighted by atomic mass is 10.1. The predicted octanol–water partition coefficient (Wildman–Crippen LogP) is 5.05. The van der Waals surface area contributed by atoms with Crippen LogP contribution in [0.25, 0.3) is 17.4 Å². The second kappa shape index (κ2) is 9.10. The van der Waals surface area contributed by atoms with E-state index in [2.05, 4.69) is 10.3 Å². The number of hydrogen-bond acceptors (Lipinski definition) is 5. The molecular weight excluding hydrogens is 380 g/mol. The van der Waals surface area contributed by atoms with Gasteiger partial charge < -0.3 is 19.2 Å². The van der Waals surface area contributed by atoms with Gasteiger partial charge in [-0.05, 0) is 55.0 Å². The molecule has 28 heavy (non-hydrogen) atoms. The molecule has 6 nitrogen and oxygen atoms in total. The summed E-state index contributed by atoms with van der Waals surface area (Å²) in [5, 5.41) is 3.22. The van der Waals surface area contributed by atoms with Crippen molar-refractivity contribution in [2.45, 2.75) is 6.92 Å². The van der Waals surface area contributed by atoms with Gasteiger partial charge in [0.15, 0.2) is 23.7 Å². The third kappa shape index (κ3) is 4.72. The Kier molecular flexibility index (Phi) is 6.34. The summed E-state index contributed by atoms with van der Waals surface area (Å²) in [5.74, 6) is 1.40. The smallest absolute Gasteiger partial charge is 0.248 e. The van der Waals surface area contributed by atoms with Crippen LogP contribution in [0.1, 0.15) is 12.5 Å². The molecule has 0 radical (unpaired) electrons. The average molecular weight is 399 g/mol. The van der Waals surface area contributed by atoms with Crippen LogP contribution in [0, 0.1) is 0 Å². The molecule has 0 atom stereocenters. The molecule has 3 rings (SSSR count). The number of rotatable bonds is 7. The van der Waals surface area contributed by atoms with E-state index in [0.29, 0.717) is 34.6 Å². The fraction of sp³-hybridized carbons (Fsp3) is 0.143. The van der Waals surface area contributed by atoms with Gasteiger partial charge >= 0.3 is 0 Å². The fourth-order valence-electron chi connectivity index (χ4n) is 2.55. The first-order chi connectivity index (χ1) is 13.6. The number of halogens is 1. The molecule has 0 fully saturated rings. The van der Waals surface area contributed by atoms with Crippen LogP contribution in [0.3, 0.4) is 0 Å². The first kappa shape index (κ1) is 19.5. The van der Waals surface area contributed by atoms with Crippen molar-refractivity contribution >= 4 is 29.3 Å². The Hall–Kier alpha value is -3.25. The highest BCUT2D eigenvalue weighted by atomic mass is 35.5. The van der Waals surface area contributed by atoms with Gasteiger partial charge in [0.25, 0.3) is 0 Å². The molecule has 0 aliphatic heterocycles. The van der Waals surface area contributed by atoms with E-state index in [4.69, 9.17) is 25.5 Å². The minimum absolute atomic E-state index is 0.267. The molecule has 1 N–H and O–H groups in total. The lowest BCUT2D eigenvalue weighted by molar-refractivity contribution is -0.111. The molecule has 0 saturated heterocycles. The van der Waals surface area contributed by atoms with Gasteiger partial charge in [0.2, 0.25) is 5.91 Å². The van der Waals surface area contributed by atoms with Crippen LogP contribution in [0.2, 0.25) is 5.02 Å². The maximum Gasteiger partial charge on any atom is 0.248 e. The van der Waals surface area contributed by atoms with Crippen LogP contribution in [-0.4, -0.2) is 24.6 Å². The molecule has 1 heterocycles. The zero-order valence-corrected chi connectivity index (χ0v) is 16.2. The summed E-state index contributed by atoms with van der Waals surface area (Å²) in [6.07, 6.45) is 6.09. The van der Waals surface area contributed by atoms with E-state index in [9.17, 15) is 4.79 Å². The van der Waals surface area contributed by atoms with Gasteiger partial charge in [-0.2, -0.15) is 0 Å². The van der Waals surface area contributed by atoms with Crippen LogP contribution in [0.4, 0.5) is 5.69 Å². The molecule has 144 valence electrons. The summed E-state index contributed by atoms with van der Waals surface area (Å²) >= 11 is 6.24. The molecule has 0 bridgehead atoms. The largest absolute Gasteiger partial charge is 0.493 e. The SMILES string of the molecule is CCOc1c(Cl)cc(/C=C/C(=O)Nc2ccc(-c3cnco3)cc2)cc1OC. The summed E-state index contributed by atoms with van der Waals surface area (Å²) in [4.78, 5) is 16.1. The van der Waals surface area contributed by atoms with Crippen LogP contribution in [0.5, 0.6) is 11.5 Å². The third-order valence-corrected chi connectivity index (χ3v) is 4.12. The minimum Gasteiger partial charge on any atom is -0.493 e. The number of nitrogens with one attached hydrogen (secondary N) is 1. The monoisotopic (exact) mass is 398 g/mol. The molecular formula is C21H19ClN2O4. The van der Waals surface area contributed by atoms with Crippen molar-refractivity contribution in [1.82, 2.24) is 4.98 Å². The van der Waals surface area contributed by atoms with Crippen molar-refractivity contribution in [2.75, 3.05) is 19.0 Å². The van der Waals surface area contributed by atoms with Gasteiger partial charge in [0.05, 0.1) is 24.9 Å². The highest BCUT2D eigenvalue weighted by Gasteiger charge is 2.11. The quantitative estimate of drug-likeness (QED) is 0.563. The first-order valence-electron chi connectivity index (χ1n) is 8.59. The Bertz CT molecular complexity index is 967. The number of carbonyl (C=O) groups is 1. The molecule has 0 saturated carbocycles. The number of methoxy groups -OCH3 is 1. The summed E-state index contributed by atoms with van der Waals surface area (Å²) in [6, 6.07) is 10.7. The van der Waals surface area contributed by atoms with Gasteiger partial charge in [0, 0.05) is 17.3 Å². The maximum atomic E-state index is 12.2. The summed E-state index contributed by atoms with van der Waals surface area (Å²) in [5.41, 5.74) is 2.27. The summed E-state index contributed by atoms with van der Waals surface area (Å²) < 4.78 is 16.0. The third-order valence-electron chi connectivity index (χ3n) is 3.84. The Morgan fingerprint density at radius 3 is 2.71 bits per heavy atom. The van der Waals surface area contributed by atoms with Gasteiger partial charge in [0.1, 0.15) is 0 Å². The first-order valence-corrected chi connectivity index (χ1v) is 8.97. The number of nitrogens with zero attached hydrogens (tertiary/aromatic N) is 1. The number of oxazole rings is 1. The van der Waals surface area contributed by atoms with E-state index in [-0.39, 0.29) is 5.91 Å². The number of ether oxygens (including phenoxy) is 2. The van der Waals surface area contributed by atoms with Crippen molar-refractivity contribution in [1.29, 1.82) is 0 Å². The number of anilines is 1. The highest BCUT2D eigenvalue weighted by Crippen LogP contribution is 2.36. The molecule has 0 unspecified atom stereocenters. The molecule has 3 aromatic rings. The summed E-state index contributed by atoms with van der Waals surface area (Å²) in [6.45, 7) is 2.34. The fourth-order valence-corrected chi connectivity index (χ4v) is 2.83. The highest BCUT2D eigenvalue weighted by molar-refractivity contribution is 6.32. The molecule has 0 aliphatic carbocycles. The lowest BCUT2D eigenvalue weighted by Crippen LogP contribution is -2.07. The Balaban J connectivity index is 1.67. The number of aromatic nitrogens is 1. The van der Waals surface area contributed by atoms with E-state index in [1.54, 1.807) is 36.5 Å². The number of carbonyl (C=O) groups excluding carboxylic acids is 1. The van der Waals surface area contributed by atoms with E-state index >= 15 is 0 Å². The molecule has 2 aromatic carbocycles. The minimum atomic E-state index is -0.267. The molecule has 7 heteroatoms. The number of benzene rings is 2. The van der Waals surface area contributed by atoms with E-state index < -0.39 is 0 Å². The van der Waals surface area contributed by atoms with Gasteiger partial charge in [-0.25, -0.2) is 4.98 Å². The molecule has 1 aromatic heterocycles. The Labute approximate surface area is 167 Å². The lowest BCUT2D eigenvalue weighted by Gasteiger charge is -2.11. The van der Waals surface area contributed by atoms with Crippen LogP contribution in [0.15, 0.2) is 59.5 Å². The van der Waals surface area contributed by atoms with Crippen molar-refractivity contribution in [2.24, 2.45) is 0 Å². The zero-order valence-electron chi connectivity index (χ0n) is 15.4. The topological polar surface area (TPSA) is 73.6 Å². The average Bonchev–Trinajstić information content (AvgIpc) is 3.23. The van der Waals surface area contributed by atoms with Crippen molar-refractivity contribution < 1.29 is 18.7 Å². The van der Waals surface area contributed by atoms with Crippen molar-refractivity contribution in [3.05, 3.63) is 65.7 Å². The van der Waals surface area contributed by atoms with Crippen LogP contribution in [-0.2, 0) is 4.79 Å². The summed E-state index contributed by atoms with van der Waals surface area (Å²) in [7, 11) is 1.54. The Morgan fingerprint density at radius 2 is 2.07 bits per heavy atom. The standard InChI is InChI=1S/C21H19ClN2O4/c1-3-27-21-17(22)10-14(11-18(21)26-2)4-9-20(25)24-16-7-5-15(6-8-16)19-12-23-13-28-19/h4-13H,3H2,1-2H3,(H,24,25)/b9-4+. The number of amides is 1. The second-order valence-electron chi connectivity index (χ2n) is 5.73. The van der Waals surface area contributed by atoms with E-state index in [1.165, 1.54) is 19.6 Å². The molecule has 0 aliphatic rings. The van der Waals surface area contributed by atoms with E-state index in [0.717, 1.165) is 11.1 Å². The van der Waals surface area contributed by atoms with Crippen molar-refractivity contribution in [3.8, 4) is 22.8 Å². The zero-order chi connectivity index (χ0) is 19.9. The Morgan fingerprint density at radius 1 is 1.29 bits per heavy atom. The predicted molar refractivity (Wildman–Crippen MR) is 109 cm³/mol. The van der Waals surface area contributed by atoms with Crippen LogP contribution >= 0.6 is 11.6 Å². The van der Waals surface area contributed by atoms with Gasteiger partial charge in [-0.15, -0.1) is 0 Å². The molecule has 0 spiro atoms. The van der Waals surface area contributed by atoms with Crippen molar-refractivity contribution in [3.63, 3.8) is 0 Å².